The molecule has 1 atom stereocenters. The van der Waals surface area contributed by atoms with Gasteiger partial charge < -0.3 is 14.6 Å². The van der Waals surface area contributed by atoms with E-state index in [0.29, 0.717) is 10.6 Å². The maximum atomic E-state index is 10.8. The van der Waals surface area contributed by atoms with E-state index >= 15 is 0 Å². The molecule has 0 amide bonds. The van der Waals surface area contributed by atoms with Gasteiger partial charge >= 0.3 is 0 Å². The lowest BCUT2D eigenvalue weighted by Gasteiger charge is -2.38. The van der Waals surface area contributed by atoms with E-state index in [9.17, 15) is 10.2 Å². The number of rotatable bonds is 4. The molecule has 2 rings (SSSR count). The quantitative estimate of drug-likeness (QED) is 0.759. The van der Waals surface area contributed by atoms with Crippen molar-refractivity contribution in [3.63, 3.8) is 0 Å². The fourth-order valence-electron chi connectivity index (χ4n) is 2.39. The molecule has 0 heterocycles. The van der Waals surface area contributed by atoms with Gasteiger partial charge in [-0.15, -0.1) is 0 Å². The Morgan fingerprint density at radius 2 is 1.88 bits per heavy atom. The second-order valence-electron chi connectivity index (χ2n) is 7.90. The van der Waals surface area contributed by atoms with Crippen LogP contribution in [0.15, 0.2) is 41.4 Å². The molecule has 0 spiro atoms. The fourth-order valence-corrected chi connectivity index (χ4v) is 3.61. The van der Waals surface area contributed by atoms with Crippen LogP contribution in [-0.2, 0) is 0 Å². The molecule has 0 aliphatic heterocycles. The highest BCUT2D eigenvalue weighted by molar-refractivity contribution is 6.74. The summed E-state index contributed by atoms with van der Waals surface area (Å²) in [4.78, 5) is 0. The molecule has 0 bridgehead atoms. The highest BCUT2D eigenvalue weighted by atomic mass is 35.5. The van der Waals surface area contributed by atoms with E-state index < -0.39 is 13.9 Å². The molecule has 0 aromatic heterocycles. The van der Waals surface area contributed by atoms with Crippen molar-refractivity contribution in [1.29, 1.82) is 0 Å². The molecule has 0 radical (unpaired) electrons. The highest BCUT2D eigenvalue weighted by Gasteiger charge is 2.40. The molecule has 1 unspecified atom stereocenters. The average molecular weight is 367 g/mol. The van der Waals surface area contributed by atoms with Crippen LogP contribution >= 0.6 is 11.6 Å². The normalized spacial score (nSPS) is 22.0. The molecule has 1 aromatic carbocycles. The summed E-state index contributed by atoms with van der Waals surface area (Å²) in [5.41, 5.74) is 0.0441. The van der Waals surface area contributed by atoms with Gasteiger partial charge in [0.15, 0.2) is 0 Å². The smallest absolute Gasteiger partial charge is 0.250 e. The number of halogens is 1. The third-order valence-electron chi connectivity index (χ3n) is 5.03. The molecule has 2 N–H and O–H groups in total. The van der Waals surface area contributed by atoms with Gasteiger partial charge in [-0.25, -0.2) is 0 Å². The van der Waals surface area contributed by atoms with Gasteiger partial charge in [-0.1, -0.05) is 56.6 Å². The van der Waals surface area contributed by atoms with Crippen molar-refractivity contribution < 1.29 is 14.6 Å². The van der Waals surface area contributed by atoms with Crippen LogP contribution in [0.5, 0.6) is 5.75 Å². The summed E-state index contributed by atoms with van der Waals surface area (Å²) in [7, 11) is -2.03. The summed E-state index contributed by atoms with van der Waals surface area (Å²) in [5.74, 6) is 0.730. The van der Waals surface area contributed by atoms with Crippen LogP contribution in [0.25, 0.3) is 5.57 Å². The summed E-state index contributed by atoms with van der Waals surface area (Å²) < 4.78 is 6.47. The predicted molar refractivity (Wildman–Crippen MR) is 103 cm³/mol. The van der Waals surface area contributed by atoms with Crippen molar-refractivity contribution in [3.05, 3.63) is 47.0 Å². The standard InChI is InChI=1S/C19H27ClO3Si/c1-18(2,3)24(4,5)23-17-9-7-6-8-15(17)16-12-14(20)10-11-19(16,22)13-21/h6-10,12,21-22H,11,13H2,1-5H3. The fraction of sp³-hybridized carbons (Fsp3) is 0.474. The first-order chi connectivity index (χ1) is 11.0. The number of hydrogen-bond acceptors (Lipinski definition) is 3. The average Bonchev–Trinajstić information content (AvgIpc) is 2.49. The minimum Gasteiger partial charge on any atom is -0.543 e. The van der Waals surface area contributed by atoms with Crippen LogP contribution in [0.1, 0.15) is 32.8 Å². The SMILES string of the molecule is CC(C)(C)[Si](C)(C)Oc1ccccc1C1=CC(Cl)=CCC1(O)CO. The molecule has 0 saturated heterocycles. The van der Waals surface area contributed by atoms with E-state index in [4.69, 9.17) is 16.0 Å². The van der Waals surface area contributed by atoms with E-state index in [-0.39, 0.29) is 18.1 Å². The van der Waals surface area contributed by atoms with Crippen LogP contribution in [0.2, 0.25) is 18.1 Å². The van der Waals surface area contributed by atoms with Gasteiger partial charge in [0.25, 0.3) is 8.32 Å². The summed E-state index contributed by atoms with van der Waals surface area (Å²) >= 11 is 6.16. The second kappa shape index (κ2) is 6.68. The van der Waals surface area contributed by atoms with Gasteiger partial charge in [-0.3, -0.25) is 0 Å². The first-order valence-corrected chi connectivity index (χ1v) is 11.5. The van der Waals surface area contributed by atoms with Crippen LogP contribution < -0.4 is 4.43 Å². The van der Waals surface area contributed by atoms with E-state index in [1.54, 1.807) is 12.2 Å². The largest absolute Gasteiger partial charge is 0.543 e. The molecule has 3 nitrogen and oxygen atoms in total. The summed E-state index contributed by atoms with van der Waals surface area (Å²) in [6.07, 6.45) is 3.72. The topological polar surface area (TPSA) is 49.7 Å². The van der Waals surface area contributed by atoms with E-state index in [0.717, 1.165) is 11.3 Å². The number of aliphatic hydroxyl groups is 2. The van der Waals surface area contributed by atoms with Gasteiger partial charge in [0, 0.05) is 17.0 Å². The molecular formula is C19H27ClO3Si. The zero-order valence-corrected chi connectivity index (χ0v) is 16.8. The molecule has 0 saturated carbocycles. The minimum atomic E-state index is -2.03. The molecule has 1 aliphatic rings. The minimum absolute atomic E-state index is 0.0614. The Hall–Kier alpha value is -1.07. The monoisotopic (exact) mass is 366 g/mol. The number of hydrogen-bond donors (Lipinski definition) is 2. The van der Waals surface area contributed by atoms with Crippen molar-refractivity contribution in [2.45, 2.75) is 50.9 Å². The third kappa shape index (κ3) is 3.77. The second-order valence-corrected chi connectivity index (χ2v) is 13.1. The van der Waals surface area contributed by atoms with Crippen molar-refractivity contribution >= 4 is 25.5 Å². The number of allylic oxidation sites excluding steroid dienone is 2. The van der Waals surface area contributed by atoms with Gasteiger partial charge in [-0.2, -0.15) is 0 Å². The Balaban J connectivity index is 2.51. The van der Waals surface area contributed by atoms with Crippen LogP contribution in [0.4, 0.5) is 0 Å². The van der Waals surface area contributed by atoms with Crippen molar-refractivity contribution in [1.82, 2.24) is 0 Å². The summed E-state index contributed by atoms with van der Waals surface area (Å²) in [5, 5.41) is 21.2. The molecule has 1 aliphatic carbocycles. The number of aliphatic hydroxyl groups excluding tert-OH is 1. The van der Waals surface area contributed by atoms with E-state index in [1.807, 2.05) is 24.3 Å². The number of benzene rings is 1. The highest BCUT2D eigenvalue weighted by Crippen LogP contribution is 2.43. The van der Waals surface area contributed by atoms with Gasteiger partial charge in [0.05, 0.1) is 6.61 Å². The predicted octanol–water partition coefficient (Wildman–Crippen LogP) is 4.70. The van der Waals surface area contributed by atoms with Crippen LogP contribution in [0, 0.1) is 0 Å². The maximum Gasteiger partial charge on any atom is 0.250 e. The summed E-state index contributed by atoms with van der Waals surface area (Å²) in [6, 6.07) is 7.65. The zero-order chi connectivity index (χ0) is 18.2. The maximum absolute atomic E-state index is 10.8. The van der Waals surface area contributed by atoms with Gasteiger partial charge in [0.2, 0.25) is 0 Å². The van der Waals surface area contributed by atoms with Crippen LogP contribution in [-0.4, -0.2) is 30.7 Å². The lowest BCUT2D eigenvalue weighted by molar-refractivity contribution is 0.0378. The van der Waals surface area contributed by atoms with Gasteiger partial charge in [0.1, 0.15) is 11.4 Å². The Morgan fingerprint density at radius 1 is 1.25 bits per heavy atom. The Kier molecular flexibility index (Phi) is 5.36. The molecule has 1 aromatic rings. The number of para-hydroxylation sites is 1. The Bertz CT molecular complexity index is 673. The third-order valence-corrected chi connectivity index (χ3v) is 9.63. The lowest BCUT2D eigenvalue weighted by atomic mass is 9.82. The molecular weight excluding hydrogens is 340 g/mol. The van der Waals surface area contributed by atoms with Crippen molar-refractivity contribution in [3.8, 4) is 5.75 Å². The molecule has 132 valence electrons. The zero-order valence-electron chi connectivity index (χ0n) is 15.1. The lowest BCUT2D eigenvalue weighted by Crippen LogP contribution is -2.44. The van der Waals surface area contributed by atoms with E-state index in [2.05, 4.69) is 33.9 Å². The van der Waals surface area contributed by atoms with Crippen molar-refractivity contribution in [2.75, 3.05) is 6.61 Å². The molecule has 5 heteroatoms. The molecule has 24 heavy (non-hydrogen) atoms. The van der Waals surface area contributed by atoms with Crippen LogP contribution in [0.3, 0.4) is 0 Å². The first-order valence-electron chi connectivity index (χ1n) is 8.20. The Labute approximate surface area is 150 Å². The van der Waals surface area contributed by atoms with Crippen molar-refractivity contribution in [2.24, 2.45) is 0 Å². The summed E-state index contributed by atoms with van der Waals surface area (Å²) in [6.45, 7) is 10.6. The molecule has 0 fully saturated rings. The van der Waals surface area contributed by atoms with Gasteiger partial charge in [-0.05, 0) is 35.8 Å². The Morgan fingerprint density at radius 3 is 2.46 bits per heavy atom. The first kappa shape index (κ1) is 19.3. The van der Waals surface area contributed by atoms with E-state index in [1.165, 1.54) is 0 Å².